The van der Waals surface area contributed by atoms with Crippen LogP contribution in [0.2, 0.25) is 0 Å². The summed E-state index contributed by atoms with van der Waals surface area (Å²) in [4.78, 5) is 2.64. The average Bonchev–Trinajstić information content (AvgIpc) is 2.88. The Morgan fingerprint density at radius 1 is 0.880 bits per heavy atom. The number of fused-ring (bicyclic) bond motifs is 2. The lowest BCUT2D eigenvalue weighted by molar-refractivity contribution is 0.115. The van der Waals surface area contributed by atoms with Crippen LogP contribution in [-0.4, -0.2) is 31.1 Å². The first-order valence-corrected chi connectivity index (χ1v) is 9.75. The molecule has 2 heterocycles. The zero-order valence-corrected chi connectivity index (χ0v) is 15.5. The van der Waals surface area contributed by atoms with Crippen molar-refractivity contribution in [1.29, 1.82) is 0 Å². The highest BCUT2D eigenvalue weighted by Gasteiger charge is 2.42. The number of rotatable bonds is 5. The highest BCUT2D eigenvalue weighted by atomic mass is 15.2. The van der Waals surface area contributed by atoms with E-state index in [0.717, 1.165) is 18.0 Å². The van der Waals surface area contributed by atoms with E-state index >= 15 is 0 Å². The van der Waals surface area contributed by atoms with Crippen molar-refractivity contribution >= 4 is 0 Å². The van der Waals surface area contributed by atoms with E-state index < -0.39 is 0 Å². The summed E-state index contributed by atoms with van der Waals surface area (Å²) in [7, 11) is 4.46. The molecule has 2 aromatic rings. The van der Waals surface area contributed by atoms with Crippen molar-refractivity contribution in [2.75, 3.05) is 14.1 Å². The maximum atomic E-state index is 3.74. The van der Waals surface area contributed by atoms with Crippen LogP contribution in [0.25, 0.3) is 0 Å². The molecule has 2 aliphatic rings. The van der Waals surface area contributed by atoms with Crippen LogP contribution in [0.5, 0.6) is 0 Å². The Hall–Kier alpha value is -1.64. The van der Waals surface area contributed by atoms with Gasteiger partial charge in [0.05, 0.1) is 5.54 Å². The molecular formula is C23H30N2. The van der Waals surface area contributed by atoms with Crippen LogP contribution >= 0.6 is 0 Å². The molecule has 2 heteroatoms. The topological polar surface area (TPSA) is 15.3 Å². The van der Waals surface area contributed by atoms with Gasteiger partial charge in [0.1, 0.15) is 0 Å². The SMILES string of the molecule is CNC(CC1CC2CCC(C1)N2C)(c1ccccc1)c1ccccc1. The van der Waals surface area contributed by atoms with Gasteiger partial charge in [-0.05, 0) is 63.2 Å². The van der Waals surface area contributed by atoms with Crippen molar-refractivity contribution in [3.63, 3.8) is 0 Å². The number of piperidine rings is 1. The van der Waals surface area contributed by atoms with Gasteiger partial charge in [-0.3, -0.25) is 0 Å². The zero-order chi connectivity index (χ0) is 17.3. The number of hydrogen-bond acceptors (Lipinski definition) is 2. The summed E-state index contributed by atoms with van der Waals surface area (Å²) in [6, 6.07) is 23.6. The predicted octanol–water partition coefficient (Wildman–Crippen LogP) is 4.41. The van der Waals surface area contributed by atoms with Gasteiger partial charge >= 0.3 is 0 Å². The lowest BCUT2D eigenvalue weighted by Crippen LogP contribution is -2.46. The van der Waals surface area contributed by atoms with Gasteiger partial charge in [-0.1, -0.05) is 60.7 Å². The zero-order valence-electron chi connectivity index (χ0n) is 15.5. The molecule has 2 unspecified atom stereocenters. The maximum Gasteiger partial charge on any atom is 0.0690 e. The minimum atomic E-state index is -0.0947. The van der Waals surface area contributed by atoms with Crippen molar-refractivity contribution in [2.24, 2.45) is 5.92 Å². The van der Waals surface area contributed by atoms with Crippen molar-refractivity contribution in [3.8, 4) is 0 Å². The standard InChI is InChI=1S/C23H30N2/c1-24-23(19-9-5-3-6-10-19,20-11-7-4-8-12-20)17-18-15-21-13-14-22(16-18)25(21)2/h3-12,18,21-22,24H,13-17H2,1-2H3. The highest BCUT2D eigenvalue weighted by Crippen LogP contribution is 2.44. The highest BCUT2D eigenvalue weighted by molar-refractivity contribution is 5.38. The third-order valence-electron chi connectivity index (χ3n) is 6.75. The van der Waals surface area contributed by atoms with Gasteiger partial charge in [0, 0.05) is 12.1 Å². The minimum absolute atomic E-state index is 0.0947. The summed E-state index contributed by atoms with van der Waals surface area (Å²) in [5.74, 6) is 0.779. The number of hydrogen-bond donors (Lipinski definition) is 1. The molecule has 2 fully saturated rings. The largest absolute Gasteiger partial charge is 0.307 e. The van der Waals surface area contributed by atoms with E-state index in [1.54, 1.807) is 0 Å². The molecule has 1 N–H and O–H groups in total. The molecule has 25 heavy (non-hydrogen) atoms. The van der Waals surface area contributed by atoms with Crippen molar-refractivity contribution in [2.45, 2.75) is 49.7 Å². The van der Waals surface area contributed by atoms with Crippen LogP contribution in [0, 0.1) is 5.92 Å². The van der Waals surface area contributed by atoms with E-state index in [4.69, 9.17) is 0 Å². The minimum Gasteiger partial charge on any atom is -0.307 e. The average molecular weight is 335 g/mol. The van der Waals surface area contributed by atoms with Crippen molar-refractivity contribution < 1.29 is 0 Å². The second kappa shape index (κ2) is 6.93. The molecule has 4 rings (SSSR count). The fraction of sp³-hybridized carbons (Fsp3) is 0.478. The normalized spacial score (nSPS) is 26.7. The first-order valence-electron chi connectivity index (χ1n) is 9.75. The van der Waals surface area contributed by atoms with Gasteiger partial charge in [0.25, 0.3) is 0 Å². The molecule has 0 aromatic heterocycles. The van der Waals surface area contributed by atoms with Crippen LogP contribution in [0.4, 0.5) is 0 Å². The van der Waals surface area contributed by atoms with E-state index in [0.29, 0.717) is 0 Å². The summed E-state index contributed by atoms with van der Waals surface area (Å²) in [5, 5.41) is 3.74. The molecule has 2 aliphatic heterocycles. The summed E-state index contributed by atoms with van der Waals surface area (Å²) in [6.07, 6.45) is 6.65. The number of benzene rings is 2. The lowest BCUT2D eigenvalue weighted by atomic mass is 9.73. The molecule has 0 saturated carbocycles. The monoisotopic (exact) mass is 334 g/mol. The fourth-order valence-corrected chi connectivity index (χ4v) is 5.36. The van der Waals surface area contributed by atoms with Crippen LogP contribution in [0.15, 0.2) is 60.7 Å². The Kier molecular flexibility index (Phi) is 4.66. The second-order valence-corrected chi connectivity index (χ2v) is 7.98. The third-order valence-corrected chi connectivity index (χ3v) is 6.75. The lowest BCUT2D eigenvalue weighted by Gasteiger charge is -2.42. The molecule has 2 nitrogen and oxygen atoms in total. The first kappa shape index (κ1) is 16.8. The second-order valence-electron chi connectivity index (χ2n) is 7.98. The van der Waals surface area contributed by atoms with Crippen LogP contribution in [0.1, 0.15) is 43.2 Å². The van der Waals surface area contributed by atoms with Gasteiger partial charge in [-0.25, -0.2) is 0 Å². The molecule has 2 aromatic carbocycles. The van der Waals surface area contributed by atoms with Crippen molar-refractivity contribution in [1.82, 2.24) is 10.2 Å². The molecule has 0 amide bonds. The van der Waals surface area contributed by atoms with E-state index in [1.807, 2.05) is 0 Å². The summed E-state index contributed by atoms with van der Waals surface area (Å²) >= 11 is 0. The van der Waals surface area contributed by atoms with E-state index in [1.165, 1.54) is 43.2 Å². The van der Waals surface area contributed by atoms with Gasteiger partial charge < -0.3 is 10.2 Å². The quantitative estimate of drug-likeness (QED) is 0.871. The van der Waals surface area contributed by atoms with Gasteiger partial charge in [-0.15, -0.1) is 0 Å². The molecule has 2 bridgehead atoms. The summed E-state index contributed by atoms with van der Waals surface area (Å²) in [5.41, 5.74) is 2.67. The molecule has 2 atom stereocenters. The number of nitrogens with zero attached hydrogens (tertiary/aromatic N) is 1. The molecule has 0 spiro atoms. The van der Waals surface area contributed by atoms with E-state index in [2.05, 4.69) is 85.0 Å². The predicted molar refractivity (Wildman–Crippen MR) is 105 cm³/mol. The van der Waals surface area contributed by atoms with Crippen LogP contribution < -0.4 is 5.32 Å². The molecular weight excluding hydrogens is 304 g/mol. The molecule has 0 aliphatic carbocycles. The van der Waals surface area contributed by atoms with E-state index in [-0.39, 0.29) is 5.54 Å². The van der Waals surface area contributed by atoms with Gasteiger partial charge in [0.2, 0.25) is 0 Å². The Labute approximate surface area is 152 Å². The molecule has 2 saturated heterocycles. The Morgan fingerprint density at radius 3 is 1.80 bits per heavy atom. The van der Waals surface area contributed by atoms with Gasteiger partial charge in [-0.2, -0.15) is 0 Å². The molecule has 132 valence electrons. The summed E-state index contributed by atoms with van der Waals surface area (Å²) < 4.78 is 0. The van der Waals surface area contributed by atoms with Gasteiger partial charge in [0.15, 0.2) is 0 Å². The van der Waals surface area contributed by atoms with Crippen LogP contribution in [-0.2, 0) is 5.54 Å². The fourth-order valence-electron chi connectivity index (χ4n) is 5.36. The Bertz CT molecular complexity index is 628. The first-order chi connectivity index (χ1) is 12.2. The maximum absolute atomic E-state index is 3.74. The summed E-state index contributed by atoms with van der Waals surface area (Å²) in [6.45, 7) is 0. The Morgan fingerprint density at radius 2 is 1.36 bits per heavy atom. The smallest absolute Gasteiger partial charge is 0.0690 e. The molecule has 0 radical (unpaired) electrons. The van der Waals surface area contributed by atoms with E-state index in [9.17, 15) is 0 Å². The van der Waals surface area contributed by atoms with Crippen molar-refractivity contribution in [3.05, 3.63) is 71.8 Å². The Balaban J connectivity index is 1.69. The number of nitrogens with one attached hydrogen (secondary N) is 1. The van der Waals surface area contributed by atoms with Crippen LogP contribution in [0.3, 0.4) is 0 Å². The third kappa shape index (κ3) is 3.02.